The van der Waals surface area contributed by atoms with Crippen molar-refractivity contribution in [3.8, 4) is 0 Å². The van der Waals surface area contributed by atoms with Crippen molar-refractivity contribution < 1.29 is 19.1 Å². The molecule has 0 aromatic heterocycles. The van der Waals surface area contributed by atoms with Gasteiger partial charge in [-0.05, 0) is 75.5 Å². The van der Waals surface area contributed by atoms with Crippen LogP contribution in [0.5, 0.6) is 0 Å². The standard InChI is InChI=1S/C23H30O4/c1-3-26-20(25)13-7-8-23(27-4-2)12-22(23)11-14-15-5-6-16(21(15)9-10-21)17(18(13)22)19(14)24/h5-6,13-18H,3-4,7-12H2,1-2H3/t13-,14+,15+,16-,17-,18+,22+,23-/m0/s1. The fourth-order valence-electron chi connectivity index (χ4n) is 8.51. The average molecular weight is 370 g/mol. The van der Waals surface area contributed by atoms with E-state index in [-0.39, 0.29) is 40.7 Å². The molecular formula is C23H30O4. The predicted octanol–water partition coefficient (Wildman–Crippen LogP) is 3.54. The van der Waals surface area contributed by atoms with Gasteiger partial charge in [0.25, 0.3) is 0 Å². The maximum absolute atomic E-state index is 13.6. The van der Waals surface area contributed by atoms with Crippen LogP contribution in [0.25, 0.3) is 0 Å². The van der Waals surface area contributed by atoms with Crippen molar-refractivity contribution in [2.24, 2.45) is 46.3 Å². The lowest BCUT2D eigenvalue weighted by atomic mass is 9.47. The molecule has 6 aliphatic carbocycles. The minimum Gasteiger partial charge on any atom is -0.466 e. The molecule has 146 valence electrons. The van der Waals surface area contributed by atoms with Crippen molar-refractivity contribution in [3.63, 3.8) is 0 Å². The Kier molecular flexibility index (Phi) is 3.14. The van der Waals surface area contributed by atoms with Crippen molar-refractivity contribution in [3.05, 3.63) is 12.2 Å². The van der Waals surface area contributed by atoms with Crippen LogP contribution in [0.1, 0.15) is 52.4 Å². The molecule has 4 bridgehead atoms. The van der Waals surface area contributed by atoms with Gasteiger partial charge in [-0.2, -0.15) is 0 Å². The Labute approximate surface area is 161 Å². The summed E-state index contributed by atoms with van der Waals surface area (Å²) < 4.78 is 11.9. The van der Waals surface area contributed by atoms with Crippen molar-refractivity contribution in [2.45, 2.75) is 58.0 Å². The smallest absolute Gasteiger partial charge is 0.309 e. The Balaban J connectivity index is 1.46. The summed E-state index contributed by atoms with van der Waals surface area (Å²) in [5.41, 5.74) is 0.297. The van der Waals surface area contributed by atoms with E-state index in [0.717, 1.165) is 32.3 Å². The summed E-state index contributed by atoms with van der Waals surface area (Å²) >= 11 is 0. The molecule has 5 saturated carbocycles. The lowest BCUT2D eigenvalue weighted by Crippen LogP contribution is -2.59. The number of fused-ring (bicyclic) bond motifs is 5. The molecule has 4 heteroatoms. The van der Waals surface area contributed by atoms with Gasteiger partial charge in [0.1, 0.15) is 5.78 Å². The van der Waals surface area contributed by atoms with Crippen LogP contribution in [0.4, 0.5) is 0 Å². The van der Waals surface area contributed by atoms with Crippen LogP contribution in [0.15, 0.2) is 12.2 Å². The van der Waals surface area contributed by atoms with Crippen LogP contribution in [0, 0.1) is 46.3 Å². The van der Waals surface area contributed by atoms with Gasteiger partial charge >= 0.3 is 5.97 Å². The topological polar surface area (TPSA) is 52.6 Å². The van der Waals surface area contributed by atoms with E-state index in [1.165, 1.54) is 12.8 Å². The van der Waals surface area contributed by atoms with E-state index in [0.29, 0.717) is 29.6 Å². The van der Waals surface area contributed by atoms with Crippen LogP contribution in [-0.4, -0.2) is 30.6 Å². The minimum absolute atomic E-state index is 0.0123. The second-order valence-corrected chi connectivity index (χ2v) is 10.1. The predicted molar refractivity (Wildman–Crippen MR) is 98.6 cm³/mol. The summed E-state index contributed by atoms with van der Waals surface area (Å²) in [6, 6.07) is 0. The fourth-order valence-corrected chi connectivity index (χ4v) is 8.51. The van der Waals surface area contributed by atoms with Gasteiger partial charge in [-0.3, -0.25) is 9.59 Å². The number of esters is 1. The summed E-state index contributed by atoms with van der Waals surface area (Å²) in [5, 5.41) is 0. The van der Waals surface area contributed by atoms with Crippen molar-refractivity contribution in [1.29, 1.82) is 0 Å². The highest BCUT2D eigenvalue weighted by Gasteiger charge is 2.82. The Morgan fingerprint density at radius 3 is 2.63 bits per heavy atom. The lowest BCUT2D eigenvalue weighted by Gasteiger charge is -2.56. The summed E-state index contributed by atoms with van der Waals surface area (Å²) in [6.45, 7) is 5.09. The van der Waals surface area contributed by atoms with E-state index in [1.54, 1.807) is 0 Å². The van der Waals surface area contributed by atoms with E-state index >= 15 is 0 Å². The van der Waals surface area contributed by atoms with Crippen LogP contribution in [0.3, 0.4) is 0 Å². The quantitative estimate of drug-likeness (QED) is 0.561. The zero-order chi connectivity index (χ0) is 18.6. The first-order valence-corrected chi connectivity index (χ1v) is 11.1. The molecule has 6 rings (SSSR count). The van der Waals surface area contributed by atoms with Gasteiger partial charge in [-0.1, -0.05) is 12.2 Å². The summed E-state index contributed by atoms with van der Waals surface area (Å²) in [4.78, 5) is 26.5. The van der Waals surface area contributed by atoms with E-state index in [9.17, 15) is 9.59 Å². The molecule has 0 heterocycles. The molecule has 2 spiro atoms. The number of hydrogen-bond acceptors (Lipinski definition) is 4. The summed E-state index contributed by atoms with van der Waals surface area (Å²) in [7, 11) is 0. The van der Waals surface area contributed by atoms with Crippen molar-refractivity contribution in [2.75, 3.05) is 13.2 Å². The number of Topliss-reactive ketones (excluding diaryl/α,β-unsaturated/α-hetero) is 1. The molecular weight excluding hydrogens is 340 g/mol. The van der Waals surface area contributed by atoms with E-state index < -0.39 is 0 Å². The fraction of sp³-hybridized carbons (Fsp3) is 0.826. The molecule has 0 saturated heterocycles. The first-order chi connectivity index (χ1) is 13.0. The average Bonchev–Trinajstić information content (AvgIpc) is 3.50. The number of ether oxygens (including phenoxy) is 2. The van der Waals surface area contributed by atoms with Crippen LogP contribution >= 0.6 is 0 Å². The first-order valence-electron chi connectivity index (χ1n) is 11.1. The van der Waals surface area contributed by atoms with Gasteiger partial charge in [0.2, 0.25) is 0 Å². The molecule has 0 aliphatic heterocycles. The van der Waals surface area contributed by atoms with Crippen LogP contribution in [0.2, 0.25) is 0 Å². The number of rotatable bonds is 4. The lowest BCUT2D eigenvalue weighted by molar-refractivity contribution is -0.175. The van der Waals surface area contributed by atoms with E-state index in [2.05, 4.69) is 19.1 Å². The molecule has 4 nitrogen and oxygen atoms in total. The highest BCUT2D eigenvalue weighted by atomic mass is 16.5. The van der Waals surface area contributed by atoms with Crippen LogP contribution < -0.4 is 0 Å². The SMILES string of the molecule is CCOC(=O)[C@H]1CC[C@]2(OCC)C[C@@]23C[C@H]2C(=O)[C@H]([C@@H]13)[C@@H]1C=C[C@H]2C12CC2. The molecule has 0 aromatic carbocycles. The number of hydrogen-bond donors (Lipinski definition) is 0. The third-order valence-corrected chi connectivity index (χ3v) is 9.49. The maximum atomic E-state index is 13.6. The maximum Gasteiger partial charge on any atom is 0.309 e. The molecule has 6 aliphatic rings. The van der Waals surface area contributed by atoms with Crippen molar-refractivity contribution >= 4 is 11.8 Å². The Morgan fingerprint density at radius 1 is 1.15 bits per heavy atom. The zero-order valence-electron chi connectivity index (χ0n) is 16.4. The largest absolute Gasteiger partial charge is 0.466 e. The second kappa shape index (κ2) is 5.06. The number of carbonyl (C=O) groups excluding carboxylic acids is 2. The number of allylic oxidation sites excluding steroid dienone is 2. The third kappa shape index (κ3) is 1.76. The summed E-state index contributed by atoms with van der Waals surface area (Å²) in [6.07, 6.45) is 11.0. The van der Waals surface area contributed by atoms with Gasteiger partial charge < -0.3 is 9.47 Å². The Bertz CT molecular complexity index is 751. The zero-order valence-corrected chi connectivity index (χ0v) is 16.4. The molecule has 5 fully saturated rings. The van der Waals surface area contributed by atoms with E-state index in [4.69, 9.17) is 9.47 Å². The first kappa shape index (κ1) is 16.8. The molecule has 27 heavy (non-hydrogen) atoms. The van der Waals surface area contributed by atoms with Gasteiger partial charge in [0.05, 0.1) is 18.1 Å². The molecule has 0 unspecified atom stereocenters. The molecule has 0 radical (unpaired) electrons. The monoisotopic (exact) mass is 370 g/mol. The number of ketones is 1. The minimum atomic E-state index is -0.128. The second-order valence-electron chi connectivity index (χ2n) is 10.1. The molecule has 0 amide bonds. The molecule has 8 atom stereocenters. The Hall–Kier alpha value is -1.16. The Morgan fingerprint density at radius 2 is 1.93 bits per heavy atom. The van der Waals surface area contributed by atoms with Crippen molar-refractivity contribution in [1.82, 2.24) is 0 Å². The van der Waals surface area contributed by atoms with Gasteiger partial charge in [0.15, 0.2) is 0 Å². The van der Waals surface area contributed by atoms with Gasteiger partial charge in [-0.15, -0.1) is 0 Å². The molecule has 0 N–H and O–H groups in total. The van der Waals surface area contributed by atoms with Gasteiger partial charge in [0, 0.05) is 23.9 Å². The third-order valence-electron chi connectivity index (χ3n) is 9.49. The number of carbonyl (C=O) groups is 2. The van der Waals surface area contributed by atoms with Gasteiger partial charge in [-0.25, -0.2) is 0 Å². The summed E-state index contributed by atoms with van der Waals surface area (Å²) in [5.74, 6) is 1.35. The normalized spacial score (nSPS) is 52.3. The molecule has 0 aromatic rings. The van der Waals surface area contributed by atoms with Crippen LogP contribution in [-0.2, 0) is 19.1 Å². The highest BCUT2D eigenvalue weighted by Crippen LogP contribution is 2.82. The highest BCUT2D eigenvalue weighted by molar-refractivity contribution is 5.90. The van der Waals surface area contributed by atoms with E-state index in [1.807, 2.05) is 6.92 Å².